The summed E-state index contributed by atoms with van der Waals surface area (Å²) in [5, 5.41) is 4.81. The van der Waals surface area contributed by atoms with Gasteiger partial charge < -0.3 is 15.4 Å². The smallest absolute Gasteiger partial charge is 0.279 e. The summed E-state index contributed by atoms with van der Waals surface area (Å²) in [6.45, 7) is 5.60. The summed E-state index contributed by atoms with van der Waals surface area (Å²) in [7, 11) is -3.60. The number of hydrogen-bond donors (Lipinski definition) is 2. The maximum atomic E-state index is 12.9. The lowest BCUT2D eigenvalue weighted by atomic mass is 10.1. The molecule has 0 aliphatic carbocycles. The first kappa shape index (κ1) is 21.4. The molecule has 1 aliphatic heterocycles. The van der Waals surface area contributed by atoms with E-state index in [1.165, 1.54) is 4.31 Å². The first-order valence-electron chi connectivity index (χ1n) is 9.74. The SMILES string of the molecule is Cc1ccc(S(=O)(=O)N2CCOCC2)cc1NC(=O)C[NH2+][C@H](C)c1ccccc1. The summed E-state index contributed by atoms with van der Waals surface area (Å²) in [6, 6.07) is 15.0. The van der Waals surface area contributed by atoms with Crippen molar-refractivity contribution in [3.8, 4) is 0 Å². The predicted octanol–water partition coefficient (Wildman–Crippen LogP) is 1.28. The average molecular weight is 419 g/mol. The summed E-state index contributed by atoms with van der Waals surface area (Å²) in [4.78, 5) is 12.6. The lowest BCUT2D eigenvalue weighted by Crippen LogP contribution is -2.86. The number of amides is 1. The van der Waals surface area contributed by atoms with Gasteiger partial charge in [0.15, 0.2) is 6.54 Å². The Morgan fingerprint density at radius 3 is 2.55 bits per heavy atom. The molecule has 1 atom stereocenters. The normalized spacial score (nSPS) is 16.3. The van der Waals surface area contributed by atoms with Crippen molar-refractivity contribution in [3.05, 3.63) is 59.7 Å². The van der Waals surface area contributed by atoms with Crippen LogP contribution in [0.2, 0.25) is 0 Å². The molecule has 156 valence electrons. The second-order valence-corrected chi connectivity index (χ2v) is 9.12. The van der Waals surface area contributed by atoms with Crippen molar-refractivity contribution in [2.45, 2.75) is 24.8 Å². The quantitative estimate of drug-likeness (QED) is 0.709. The number of nitrogens with one attached hydrogen (secondary N) is 1. The van der Waals surface area contributed by atoms with Gasteiger partial charge in [-0.2, -0.15) is 4.31 Å². The second kappa shape index (κ2) is 9.49. The minimum Gasteiger partial charge on any atom is -0.379 e. The van der Waals surface area contributed by atoms with Crippen LogP contribution in [-0.4, -0.2) is 51.5 Å². The Bertz CT molecular complexity index is 942. The van der Waals surface area contributed by atoms with Gasteiger partial charge in [0.25, 0.3) is 5.91 Å². The van der Waals surface area contributed by atoms with Crippen LogP contribution in [0.3, 0.4) is 0 Å². The van der Waals surface area contributed by atoms with Gasteiger partial charge in [0, 0.05) is 24.3 Å². The number of carbonyl (C=O) groups excluding carboxylic acids is 1. The van der Waals surface area contributed by atoms with Crippen molar-refractivity contribution in [2.24, 2.45) is 0 Å². The monoisotopic (exact) mass is 418 g/mol. The van der Waals surface area contributed by atoms with Crippen molar-refractivity contribution in [2.75, 3.05) is 38.2 Å². The minimum atomic E-state index is -3.60. The van der Waals surface area contributed by atoms with Crippen LogP contribution < -0.4 is 10.6 Å². The molecule has 2 aromatic carbocycles. The van der Waals surface area contributed by atoms with Crippen LogP contribution in [0.5, 0.6) is 0 Å². The van der Waals surface area contributed by atoms with E-state index in [1.807, 2.05) is 49.5 Å². The summed E-state index contributed by atoms with van der Waals surface area (Å²) in [6.07, 6.45) is 0. The van der Waals surface area contributed by atoms with E-state index in [1.54, 1.807) is 18.2 Å². The van der Waals surface area contributed by atoms with Crippen LogP contribution in [0.1, 0.15) is 24.1 Å². The molecule has 3 rings (SSSR count). The number of quaternary nitrogens is 1. The Kier molecular flexibility index (Phi) is 7.02. The largest absolute Gasteiger partial charge is 0.379 e. The number of sulfonamides is 1. The summed E-state index contributed by atoms with van der Waals surface area (Å²) in [5.41, 5.74) is 2.48. The molecule has 1 saturated heterocycles. The first-order chi connectivity index (χ1) is 13.9. The van der Waals surface area contributed by atoms with Gasteiger partial charge in [-0.1, -0.05) is 36.4 Å². The minimum absolute atomic E-state index is 0.149. The number of anilines is 1. The average Bonchev–Trinajstić information content (AvgIpc) is 2.74. The predicted molar refractivity (Wildman–Crippen MR) is 111 cm³/mol. The molecule has 0 bridgehead atoms. The Morgan fingerprint density at radius 1 is 1.17 bits per heavy atom. The highest BCUT2D eigenvalue weighted by molar-refractivity contribution is 7.89. The Balaban J connectivity index is 1.66. The molecule has 0 saturated carbocycles. The third kappa shape index (κ3) is 5.42. The number of morpholine rings is 1. The Labute approximate surface area is 172 Å². The highest BCUT2D eigenvalue weighted by Crippen LogP contribution is 2.23. The second-order valence-electron chi connectivity index (χ2n) is 7.18. The summed E-state index contributed by atoms with van der Waals surface area (Å²) < 4.78 is 32.4. The molecule has 2 aromatic rings. The number of hydrogen-bond acceptors (Lipinski definition) is 4. The van der Waals surface area contributed by atoms with E-state index < -0.39 is 10.0 Å². The van der Waals surface area contributed by atoms with Gasteiger partial charge in [0.1, 0.15) is 6.04 Å². The molecule has 0 radical (unpaired) electrons. The van der Waals surface area contributed by atoms with Crippen molar-refractivity contribution in [1.82, 2.24) is 4.31 Å². The van der Waals surface area contributed by atoms with Crippen LogP contribution in [-0.2, 0) is 19.6 Å². The molecular formula is C21H28N3O4S+. The van der Waals surface area contributed by atoms with Gasteiger partial charge in [0.2, 0.25) is 10.0 Å². The van der Waals surface area contributed by atoms with Crippen molar-refractivity contribution in [3.63, 3.8) is 0 Å². The molecule has 3 N–H and O–H groups in total. The number of rotatable bonds is 7. The van der Waals surface area contributed by atoms with Gasteiger partial charge in [-0.25, -0.2) is 8.42 Å². The molecule has 29 heavy (non-hydrogen) atoms. The van der Waals surface area contributed by atoms with Gasteiger partial charge in [-0.3, -0.25) is 4.79 Å². The maximum absolute atomic E-state index is 12.9. The van der Waals surface area contributed by atoms with Crippen LogP contribution >= 0.6 is 0 Å². The fraction of sp³-hybridized carbons (Fsp3) is 0.381. The van der Waals surface area contributed by atoms with Crippen molar-refractivity contribution in [1.29, 1.82) is 0 Å². The zero-order valence-electron chi connectivity index (χ0n) is 16.8. The van der Waals surface area contributed by atoms with Gasteiger partial charge in [-0.05, 0) is 31.5 Å². The Morgan fingerprint density at radius 2 is 1.86 bits per heavy atom. The molecule has 0 spiro atoms. The standard InChI is InChI=1S/C21H27N3O4S/c1-16-8-9-19(29(26,27)24-10-12-28-13-11-24)14-20(16)23-21(25)15-22-17(2)18-6-4-3-5-7-18/h3-9,14,17,22H,10-13,15H2,1-2H3,(H,23,25)/p+1/t17-/m1/s1. The maximum Gasteiger partial charge on any atom is 0.279 e. The Hall–Kier alpha value is -2.26. The zero-order chi connectivity index (χ0) is 20.9. The van der Waals surface area contributed by atoms with Crippen molar-refractivity contribution >= 4 is 21.6 Å². The lowest BCUT2D eigenvalue weighted by molar-refractivity contribution is -0.682. The lowest BCUT2D eigenvalue weighted by Gasteiger charge is -2.26. The fourth-order valence-electron chi connectivity index (χ4n) is 3.21. The van der Waals surface area contributed by atoms with Crippen LogP contribution in [0.4, 0.5) is 5.69 Å². The molecule has 1 amide bonds. The molecule has 0 unspecified atom stereocenters. The fourth-order valence-corrected chi connectivity index (χ4v) is 4.64. The first-order valence-corrected chi connectivity index (χ1v) is 11.2. The highest BCUT2D eigenvalue weighted by atomic mass is 32.2. The number of ether oxygens (including phenoxy) is 1. The van der Waals surface area contributed by atoms with Crippen molar-refractivity contribution < 1.29 is 23.3 Å². The van der Waals surface area contributed by atoms with E-state index in [9.17, 15) is 13.2 Å². The molecule has 8 heteroatoms. The number of nitrogens with zero attached hydrogens (tertiary/aromatic N) is 1. The van der Waals surface area contributed by atoms with Crippen LogP contribution in [0.15, 0.2) is 53.4 Å². The van der Waals surface area contributed by atoms with E-state index in [0.717, 1.165) is 11.1 Å². The molecule has 1 fully saturated rings. The van der Waals surface area contributed by atoms with Gasteiger partial charge >= 0.3 is 0 Å². The van der Waals surface area contributed by atoms with E-state index in [0.29, 0.717) is 32.0 Å². The number of benzene rings is 2. The number of carbonyl (C=O) groups is 1. The van der Waals surface area contributed by atoms with E-state index in [-0.39, 0.29) is 23.4 Å². The number of aryl methyl sites for hydroxylation is 1. The van der Waals surface area contributed by atoms with E-state index in [4.69, 9.17) is 4.74 Å². The zero-order valence-corrected chi connectivity index (χ0v) is 17.6. The molecule has 7 nitrogen and oxygen atoms in total. The highest BCUT2D eigenvalue weighted by Gasteiger charge is 2.27. The van der Waals surface area contributed by atoms with Crippen LogP contribution in [0, 0.1) is 6.92 Å². The van der Waals surface area contributed by atoms with E-state index in [2.05, 4.69) is 5.32 Å². The molecular weight excluding hydrogens is 390 g/mol. The summed E-state index contributed by atoms with van der Waals surface area (Å²) >= 11 is 0. The summed E-state index contributed by atoms with van der Waals surface area (Å²) in [5.74, 6) is -0.170. The molecule has 1 aliphatic rings. The third-order valence-electron chi connectivity index (χ3n) is 5.07. The molecule has 1 heterocycles. The van der Waals surface area contributed by atoms with Crippen LogP contribution in [0.25, 0.3) is 0 Å². The third-order valence-corrected chi connectivity index (χ3v) is 6.97. The topological polar surface area (TPSA) is 92.3 Å². The van der Waals surface area contributed by atoms with Gasteiger partial charge in [0.05, 0.1) is 18.1 Å². The number of nitrogens with two attached hydrogens (primary N) is 1. The van der Waals surface area contributed by atoms with Gasteiger partial charge in [-0.15, -0.1) is 0 Å². The van der Waals surface area contributed by atoms with E-state index >= 15 is 0 Å². The molecule has 0 aromatic heterocycles.